The highest BCUT2D eigenvalue weighted by Crippen LogP contribution is 2.26. The van der Waals surface area contributed by atoms with E-state index in [1.807, 2.05) is 20.8 Å². The van der Waals surface area contributed by atoms with Crippen molar-refractivity contribution < 1.29 is 23.8 Å². The lowest BCUT2D eigenvalue weighted by atomic mass is 10.0. The number of nitrogens with one attached hydrogen (secondary N) is 2. The Labute approximate surface area is 171 Å². The van der Waals surface area contributed by atoms with Crippen molar-refractivity contribution in [3.63, 3.8) is 0 Å². The Morgan fingerprint density at radius 3 is 2.00 bits per heavy atom. The maximum atomic E-state index is 12.8. The first-order valence-corrected chi connectivity index (χ1v) is 9.45. The molecule has 2 amide bonds. The summed E-state index contributed by atoms with van der Waals surface area (Å²) in [6.45, 7) is 6.18. The minimum atomic E-state index is -0.716. The van der Waals surface area contributed by atoms with Gasteiger partial charge in [0.1, 0.15) is 23.3 Å². The van der Waals surface area contributed by atoms with Crippen molar-refractivity contribution in [1.29, 1.82) is 0 Å². The summed E-state index contributed by atoms with van der Waals surface area (Å²) in [6.07, 6.45) is 0. The van der Waals surface area contributed by atoms with Crippen LogP contribution in [0.25, 0.3) is 0 Å². The van der Waals surface area contributed by atoms with Crippen molar-refractivity contribution in [2.24, 2.45) is 5.92 Å². The number of carbonyl (C=O) groups excluding carboxylic acids is 2. The summed E-state index contributed by atoms with van der Waals surface area (Å²) in [5, 5.41) is 5.63. The molecule has 7 nitrogen and oxygen atoms in total. The van der Waals surface area contributed by atoms with E-state index in [1.54, 1.807) is 42.5 Å². The number of hydrogen-bond donors (Lipinski definition) is 2. The fourth-order valence-corrected chi connectivity index (χ4v) is 2.73. The smallest absolute Gasteiger partial charge is 0.251 e. The minimum Gasteiger partial charge on any atom is -0.497 e. The molecule has 2 aromatic carbocycles. The van der Waals surface area contributed by atoms with E-state index in [1.165, 1.54) is 14.2 Å². The molecule has 0 aliphatic carbocycles. The van der Waals surface area contributed by atoms with Gasteiger partial charge in [-0.1, -0.05) is 13.8 Å². The van der Waals surface area contributed by atoms with Crippen LogP contribution in [-0.2, 0) is 4.79 Å². The molecule has 29 heavy (non-hydrogen) atoms. The van der Waals surface area contributed by atoms with Gasteiger partial charge < -0.3 is 24.8 Å². The fourth-order valence-electron chi connectivity index (χ4n) is 2.73. The standard InChI is InChI=1S/C22H28N2O5/c1-6-29-17-9-7-15(8-10-17)21(25)24-20(14(2)3)22(26)23-16-11-18(27-4)13-19(12-16)28-5/h7-14,20H,6H2,1-5H3,(H,23,26)(H,24,25)/t20-/m0/s1. The predicted octanol–water partition coefficient (Wildman–Crippen LogP) is 3.50. The van der Waals surface area contributed by atoms with Gasteiger partial charge in [0.2, 0.25) is 5.91 Å². The summed E-state index contributed by atoms with van der Waals surface area (Å²) in [7, 11) is 3.07. The number of carbonyl (C=O) groups is 2. The second-order valence-electron chi connectivity index (χ2n) is 6.74. The van der Waals surface area contributed by atoms with Crippen LogP contribution in [0, 0.1) is 5.92 Å². The molecule has 2 rings (SSSR count). The summed E-state index contributed by atoms with van der Waals surface area (Å²) in [5.74, 6) is 1.03. The van der Waals surface area contributed by atoms with Gasteiger partial charge in [-0.2, -0.15) is 0 Å². The number of amides is 2. The number of rotatable bonds is 9. The van der Waals surface area contributed by atoms with Crippen LogP contribution in [0.5, 0.6) is 17.2 Å². The second kappa shape index (κ2) is 10.4. The molecule has 0 aliphatic heterocycles. The van der Waals surface area contributed by atoms with Gasteiger partial charge in [0.25, 0.3) is 5.91 Å². The summed E-state index contributed by atoms with van der Waals surface area (Å²) < 4.78 is 15.8. The fraction of sp³-hybridized carbons (Fsp3) is 0.364. The molecular formula is C22H28N2O5. The van der Waals surface area contributed by atoms with E-state index in [0.717, 1.165) is 0 Å². The average molecular weight is 400 g/mol. The van der Waals surface area contributed by atoms with Gasteiger partial charge in [-0.15, -0.1) is 0 Å². The number of methoxy groups -OCH3 is 2. The molecule has 0 radical (unpaired) electrons. The van der Waals surface area contributed by atoms with E-state index in [0.29, 0.717) is 35.1 Å². The molecule has 0 spiro atoms. The molecule has 156 valence electrons. The van der Waals surface area contributed by atoms with Crippen molar-refractivity contribution >= 4 is 17.5 Å². The molecule has 0 aliphatic rings. The van der Waals surface area contributed by atoms with Gasteiger partial charge >= 0.3 is 0 Å². The Bertz CT molecular complexity index is 811. The van der Waals surface area contributed by atoms with E-state index >= 15 is 0 Å². The van der Waals surface area contributed by atoms with Crippen LogP contribution in [-0.4, -0.2) is 38.7 Å². The largest absolute Gasteiger partial charge is 0.497 e. The zero-order chi connectivity index (χ0) is 21.4. The van der Waals surface area contributed by atoms with Gasteiger partial charge in [0.15, 0.2) is 0 Å². The van der Waals surface area contributed by atoms with Crippen molar-refractivity contribution in [1.82, 2.24) is 5.32 Å². The summed E-state index contributed by atoms with van der Waals surface area (Å²) in [6, 6.07) is 11.2. The predicted molar refractivity (Wildman–Crippen MR) is 112 cm³/mol. The molecule has 0 saturated carbocycles. The Kier molecular flexibility index (Phi) is 7.88. The van der Waals surface area contributed by atoms with E-state index in [4.69, 9.17) is 14.2 Å². The van der Waals surface area contributed by atoms with Crippen LogP contribution in [0.4, 0.5) is 5.69 Å². The van der Waals surface area contributed by atoms with Gasteiger partial charge in [-0.05, 0) is 37.1 Å². The van der Waals surface area contributed by atoms with Gasteiger partial charge in [0.05, 0.1) is 20.8 Å². The molecular weight excluding hydrogens is 372 g/mol. The third-order valence-electron chi connectivity index (χ3n) is 4.28. The molecule has 2 aromatic rings. The van der Waals surface area contributed by atoms with E-state index in [9.17, 15) is 9.59 Å². The van der Waals surface area contributed by atoms with Gasteiger partial charge in [-0.3, -0.25) is 9.59 Å². The van der Waals surface area contributed by atoms with Crippen LogP contribution < -0.4 is 24.8 Å². The van der Waals surface area contributed by atoms with Gasteiger partial charge in [-0.25, -0.2) is 0 Å². The topological polar surface area (TPSA) is 85.9 Å². The Morgan fingerprint density at radius 1 is 0.931 bits per heavy atom. The Balaban J connectivity index is 2.12. The van der Waals surface area contributed by atoms with Crippen molar-refractivity contribution in [3.05, 3.63) is 48.0 Å². The molecule has 0 saturated heterocycles. The lowest BCUT2D eigenvalue weighted by molar-refractivity contribution is -0.118. The first kappa shape index (κ1) is 22.1. The zero-order valence-corrected chi connectivity index (χ0v) is 17.4. The Morgan fingerprint density at radius 2 is 1.52 bits per heavy atom. The lowest BCUT2D eigenvalue weighted by Crippen LogP contribution is -2.47. The summed E-state index contributed by atoms with van der Waals surface area (Å²) >= 11 is 0. The molecule has 0 bridgehead atoms. The first-order valence-electron chi connectivity index (χ1n) is 9.45. The number of benzene rings is 2. The summed E-state index contributed by atoms with van der Waals surface area (Å²) in [4.78, 5) is 25.4. The SMILES string of the molecule is CCOc1ccc(C(=O)N[C@H](C(=O)Nc2cc(OC)cc(OC)c2)C(C)C)cc1. The number of ether oxygens (including phenoxy) is 3. The zero-order valence-electron chi connectivity index (χ0n) is 17.4. The normalized spacial score (nSPS) is 11.5. The van der Waals surface area contributed by atoms with Crippen LogP contribution in [0.1, 0.15) is 31.1 Å². The van der Waals surface area contributed by atoms with Crippen LogP contribution in [0.3, 0.4) is 0 Å². The molecule has 0 fully saturated rings. The quantitative estimate of drug-likeness (QED) is 0.673. The third-order valence-corrected chi connectivity index (χ3v) is 4.28. The van der Waals surface area contributed by atoms with Crippen molar-refractivity contribution in [3.8, 4) is 17.2 Å². The lowest BCUT2D eigenvalue weighted by Gasteiger charge is -2.22. The average Bonchev–Trinajstić information content (AvgIpc) is 2.71. The van der Waals surface area contributed by atoms with E-state index < -0.39 is 6.04 Å². The summed E-state index contributed by atoms with van der Waals surface area (Å²) in [5.41, 5.74) is 0.974. The number of hydrogen-bond acceptors (Lipinski definition) is 5. The van der Waals surface area contributed by atoms with E-state index in [2.05, 4.69) is 10.6 Å². The van der Waals surface area contributed by atoms with Crippen molar-refractivity contribution in [2.45, 2.75) is 26.8 Å². The first-order chi connectivity index (χ1) is 13.9. The Hall–Kier alpha value is -3.22. The van der Waals surface area contributed by atoms with Crippen LogP contribution in [0.2, 0.25) is 0 Å². The maximum Gasteiger partial charge on any atom is 0.251 e. The molecule has 0 unspecified atom stereocenters. The maximum absolute atomic E-state index is 12.8. The highest BCUT2D eigenvalue weighted by Gasteiger charge is 2.25. The third kappa shape index (κ3) is 6.14. The molecule has 7 heteroatoms. The number of anilines is 1. The van der Waals surface area contributed by atoms with E-state index in [-0.39, 0.29) is 17.7 Å². The van der Waals surface area contributed by atoms with Crippen LogP contribution >= 0.6 is 0 Å². The van der Waals surface area contributed by atoms with Crippen LogP contribution in [0.15, 0.2) is 42.5 Å². The monoisotopic (exact) mass is 400 g/mol. The minimum absolute atomic E-state index is 0.117. The molecule has 0 heterocycles. The molecule has 2 N–H and O–H groups in total. The molecule has 1 atom stereocenters. The van der Waals surface area contributed by atoms with Crippen molar-refractivity contribution in [2.75, 3.05) is 26.1 Å². The highest BCUT2D eigenvalue weighted by atomic mass is 16.5. The second-order valence-corrected chi connectivity index (χ2v) is 6.74. The molecule has 0 aromatic heterocycles. The highest BCUT2D eigenvalue weighted by molar-refractivity contribution is 6.01. The van der Waals surface area contributed by atoms with Gasteiger partial charge in [0, 0.05) is 29.4 Å².